The van der Waals surface area contributed by atoms with E-state index in [-0.39, 0.29) is 17.8 Å². The first-order chi connectivity index (χ1) is 18.0. The number of hydrogen-bond acceptors (Lipinski definition) is 4. The minimum absolute atomic E-state index is 0.113. The van der Waals surface area contributed by atoms with E-state index in [0.29, 0.717) is 11.8 Å². The van der Waals surface area contributed by atoms with Gasteiger partial charge in [0, 0.05) is 24.2 Å². The molecule has 0 N–H and O–H groups in total. The van der Waals surface area contributed by atoms with Crippen LogP contribution in [0.15, 0.2) is 48.5 Å². The SMILES string of the molecule is COC(=O)/C=C/c1cccc(N(CC2CCC(c3ccc(OC)c(C)c3)CC2)C(=O)C2CCCCC2)c1. The topological polar surface area (TPSA) is 55.8 Å². The number of carbonyl (C=O) groups is 2. The van der Waals surface area contributed by atoms with Crippen LogP contribution in [0.2, 0.25) is 0 Å². The highest BCUT2D eigenvalue weighted by Gasteiger charge is 2.31. The third kappa shape index (κ3) is 7.03. The summed E-state index contributed by atoms with van der Waals surface area (Å²) in [6.07, 6.45) is 13.2. The maximum absolute atomic E-state index is 13.8. The highest BCUT2D eigenvalue weighted by molar-refractivity contribution is 5.95. The third-order valence-electron chi connectivity index (χ3n) is 8.19. The number of carbonyl (C=O) groups excluding carboxylic acids is 2. The van der Waals surface area contributed by atoms with E-state index in [9.17, 15) is 9.59 Å². The molecular weight excluding hydrogens is 462 g/mol. The van der Waals surface area contributed by atoms with Gasteiger partial charge in [0.1, 0.15) is 5.75 Å². The maximum atomic E-state index is 13.8. The average molecular weight is 504 g/mol. The molecule has 2 aromatic rings. The van der Waals surface area contributed by atoms with Gasteiger partial charge in [-0.25, -0.2) is 4.79 Å². The highest BCUT2D eigenvalue weighted by Crippen LogP contribution is 2.38. The van der Waals surface area contributed by atoms with E-state index < -0.39 is 0 Å². The van der Waals surface area contributed by atoms with Gasteiger partial charge in [0.25, 0.3) is 0 Å². The third-order valence-corrected chi connectivity index (χ3v) is 8.19. The number of esters is 1. The van der Waals surface area contributed by atoms with Crippen LogP contribution in [0.1, 0.15) is 80.4 Å². The van der Waals surface area contributed by atoms with Gasteiger partial charge in [-0.2, -0.15) is 0 Å². The Balaban J connectivity index is 1.48. The fourth-order valence-electron chi connectivity index (χ4n) is 6.01. The number of benzene rings is 2. The molecule has 37 heavy (non-hydrogen) atoms. The molecule has 2 aromatic carbocycles. The molecule has 5 heteroatoms. The van der Waals surface area contributed by atoms with Gasteiger partial charge in [0.2, 0.25) is 5.91 Å². The first-order valence-corrected chi connectivity index (χ1v) is 13.8. The summed E-state index contributed by atoms with van der Waals surface area (Å²) in [7, 11) is 3.09. The van der Waals surface area contributed by atoms with Gasteiger partial charge in [-0.1, -0.05) is 43.5 Å². The average Bonchev–Trinajstić information content (AvgIpc) is 2.95. The lowest BCUT2D eigenvalue weighted by Gasteiger charge is -2.35. The van der Waals surface area contributed by atoms with Crippen LogP contribution < -0.4 is 9.64 Å². The fraction of sp³-hybridized carbons (Fsp3) is 0.500. The molecule has 5 nitrogen and oxygen atoms in total. The second-order valence-electron chi connectivity index (χ2n) is 10.7. The molecule has 0 spiro atoms. The highest BCUT2D eigenvalue weighted by atomic mass is 16.5. The Bertz CT molecular complexity index is 1090. The van der Waals surface area contributed by atoms with Crippen LogP contribution in [0.3, 0.4) is 0 Å². The molecule has 2 fully saturated rings. The maximum Gasteiger partial charge on any atom is 0.330 e. The van der Waals surface area contributed by atoms with Crippen molar-refractivity contribution in [2.75, 3.05) is 25.7 Å². The van der Waals surface area contributed by atoms with E-state index >= 15 is 0 Å². The Morgan fingerprint density at radius 2 is 1.70 bits per heavy atom. The van der Waals surface area contributed by atoms with Crippen molar-refractivity contribution in [1.29, 1.82) is 0 Å². The standard InChI is InChI=1S/C32H41NO4/c1-23-20-28(17-18-30(23)36-2)26-15-12-25(13-16-26)22-33(32(35)27-9-5-4-6-10-27)29-11-7-8-24(21-29)14-19-31(34)37-3/h7-8,11,14,17-21,25-27H,4-6,9-10,12-13,15-16,22H2,1-3H3/b19-14+. The molecule has 2 aliphatic rings. The summed E-state index contributed by atoms with van der Waals surface area (Å²) in [5, 5.41) is 0. The molecular formula is C32H41NO4. The molecule has 0 aliphatic heterocycles. The number of aryl methyl sites for hydroxylation is 1. The van der Waals surface area contributed by atoms with Crippen molar-refractivity contribution in [3.8, 4) is 5.75 Å². The van der Waals surface area contributed by atoms with Crippen molar-refractivity contribution in [3.63, 3.8) is 0 Å². The summed E-state index contributed by atoms with van der Waals surface area (Å²) < 4.78 is 10.2. The van der Waals surface area contributed by atoms with Gasteiger partial charge in [-0.05, 0) is 98.2 Å². The Labute approximate surface area is 221 Å². The smallest absolute Gasteiger partial charge is 0.330 e. The van der Waals surface area contributed by atoms with E-state index in [0.717, 1.165) is 74.9 Å². The molecule has 1 amide bonds. The summed E-state index contributed by atoms with van der Waals surface area (Å²) >= 11 is 0. The van der Waals surface area contributed by atoms with Gasteiger partial charge in [-0.15, -0.1) is 0 Å². The summed E-state index contributed by atoms with van der Waals surface area (Å²) in [4.78, 5) is 27.4. The molecule has 0 radical (unpaired) electrons. The van der Waals surface area contributed by atoms with E-state index in [1.165, 1.54) is 30.7 Å². The Hall–Kier alpha value is -3.08. The molecule has 0 saturated heterocycles. The molecule has 0 heterocycles. The van der Waals surface area contributed by atoms with E-state index in [2.05, 4.69) is 25.1 Å². The van der Waals surface area contributed by atoms with Crippen molar-refractivity contribution in [1.82, 2.24) is 0 Å². The zero-order chi connectivity index (χ0) is 26.2. The largest absolute Gasteiger partial charge is 0.496 e. The van der Waals surface area contributed by atoms with Crippen LogP contribution in [0.4, 0.5) is 5.69 Å². The number of methoxy groups -OCH3 is 2. The van der Waals surface area contributed by atoms with Crippen molar-refractivity contribution < 1.29 is 19.1 Å². The summed E-state index contributed by atoms with van der Waals surface area (Å²) in [5.41, 5.74) is 4.41. The second kappa shape index (κ2) is 12.9. The number of nitrogens with zero attached hydrogens (tertiary/aromatic N) is 1. The molecule has 198 valence electrons. The number of rotatable bonds is 8. The van der Waals surface area contributed by atoms with E-state index in [1.54, 1.807) is 13.2 Å². The monoisotopic (exact) mass is 503 g/mol. The van der Waals surface area contributed by atoms with Gasteiger partial charge in [0.05, 0.1) is 14.2 Å². The zero-order valence-corrected chi connectivity index (χ0v) is 22.6. The quantitative estimate of drug-likeness (QED) is 0.285. The van der Waals surface area contributed by atoms with Crippen molar-refractivity contribution in [2.24, 2.45) is 11.8 Å². The first-order valence-electron chi connectivity index (χ1n) is 13.8. The van der Waals surface area contributed by atoms with E-state index in [1.807, 2.05) is 29.2 Å². The lowest BCUT2D eigenvalue weighted by molar-refractivity contribution is -0.134. The molecule has 2 aliphatic carbocycles. The fourth-order valence-corrected chi connectivity index (χ4v) is 6.01. The summed E-state index contributed by atoms with van der Waals surface area (Å²) in [5.74, 6) is 1.98. The number of ether oxygens (including phenoxy) is 2. The predicted molar refractivity (Wildman–Crippen MR) is 149 cm³/mol. The molecule has 0 bridgehead atoms. The van der Waals surface area contributed by atoms with Crippen LogP contribution in [-0.4, -0.2) is 32.6 Å². The zero-order valence-electron chi connectivity index (χ0n) is 22.6. The van der Waals surface area contributed by atoms with Gasteiger partial charge in [-0.3, -0.25) is 4.79 Å². The van der Waals surface area contributed by atoms with Gasteiger partial charge < -0.3 is 14.4 Å². The number of amides is 1. The van der Waals surface area contributed by atoms with E-state index in [4.69, 9.17) is 9.47 Å². The van der Waals surface area contributed by atoms with Gasteiger partial charge >= 0.3 is 5.97 Å². The van der Waals surface area contributed by atoms with Crippen molar-refractivity contribution in [2.45, 2.75) is 70.6 Å². The minimum atomic E-state index is -0.385. The van der Waals surface area contributed by atoms with Crippen LogP contribution in [-0.2, 0) is 14.3 Å². The normalized spacial score (nSPS) is 20.5. The Morgan fingerprint density at radius 3 is 2.38 bits per heavy atom. The van der Waals surface area contributed by atoms with Crippen molar-refractivity contribution in [3.05, 3.63) is 65.2 Å². The Morgan fingerprint density at radius 1 is 0.946 bits per heavy atom. The lowest BCUT2D eigenvalue weighted by atomic mass is 9.78. The second-order valence-corrected chi connectivity index (χ2v) is 10.7. The summed E-state index contributed by atoms with van der Waals surface area (Å²) in [6.45, 7) is 2.87. The molecule has 0 atom stereocenters. The van der Waals surface area contributed by atoms with Crippen LogP contribution in [0, 0.1) is 18.8 Å². The van der Waals surface area contributed by atoms with Crippen LogP contribution in [0.25, 0.3) is 6.08 Å². The van der Waals surface area contributed by atoms with Gasteiger partial charge in [0.15, 0.2) is 0 Å². The van der Waals surface area contributed by atoms with Crippen LogP contribution in [0.5, 0.6) is 5.75 Å². The lowest BCUT2D eigenvalue weighted by Crippen LogP contribution is -2.41. The number of anilines is 1. The predicted octanol–water partition coefficient (Wildman–Crippen LogP) is 7.08. The molecule has 0 unspecified atom stereocenters. The number of hydrogen-bond donors (Lipinski definition) is 0. The minimum Gasteiger partial charge on any atom is -0.496 e. The first kappa shape index (κ1) is 27.0. The molecule has 2 saturated carbocycles. The molecule has 4 rings (SSSR count). The molecule has 0 aromatic heterocycles. The van der Waals surface area contributed by atoms with Crippen molar-refractivity contribution >= 4 is 23.6 Å². The van der Waals surface area contributed by atoms with Crippen LogP contribution >= 0.6 is 0 Å². The Kier molecular flexibility index (Phi) is 9.43. The summed E-state index contributed by atoms with van der Waals surface area (Å²) in [6, 6.07) is 14.5.